The van der Waals surface area contributed by atoms with Gasteiger partial charge in [-0.05, 0) is 11.5 Å². The van der Waals surface area contributed by atoms with Gasteiger partial charge >= 0.3 is 6.03 Å². The summed E-state index contributed by atoms with van der Waals surface area (Å²) in [6, 6.07) is 9.69. The van der Waals surface area contributed by atoms with Crippen molar-refractivity contribution in [2.24, 2.45) is 5.92 Å². The number of nitrogens with zero attached hydrogens (tertiary/aromatic N) is 4. The molecular formula is C18H24N6O2. The van der Waals surface area contributed by atoms with Gasteiger partial charge in [-0.25, -0.2) is 9.48 Å². The third kappa shape index (κ3) is 4.38. The number of carbonyl (C=O) groups excluding carboxylic acids is 2. The summed E-state index contributed by atoms with van der Waals surface area (Å²) in [5.74, 6) is 0.161. The van der Waals surface area contributed by atoms with Crippen LogP contribution in [0.4, 0.5) is 4.79 Å². The van der Waals surface area contributed by atoms with Gasteiger partial charge in [-0.3, -0.25) is 4.79 Å². The lowest BCUT2D eigenvalue weighted by Crippen LogP contribution is -2.54. The summed E-state index contributed by atoms with van der Waals surface area (Å²) >= 11 is 0. The molecule has 26 heavy (non-hydrogen) atoms. The molecule has 1 fully saturated rings. The van der Waals surface area contributed by atoms with E-state index in [0.717, 1.165) is 5.56 Å². The molecule has 0 spiro atoms. The van der Waals surface area contributed by atoms with Gasteiger partial charge in [0, 0.05) is 26.2 Å². The number of hydrogen-bond acceptors (Lipinski definition) is 4. The molecule has 1 aliphatic rings. The summed E-state index contributed by atoms with van der Waals surface area (Å²) in [4.78, 5) is 25.9. The van der Waals surface area contributed by atoms with Crippen LogP contribution in [-0.4, -0.2) is 51.5 Å². The Morgan fingerprint density at radius 2 is 1.92 bits per heavy atom. The molecule has 3 rings (SSSR count). The average Bonchev–Trinajstić information content (AvgIpc) is 3.07. The standard InChI is InChI=1S/C18H24N6O2/c1-13(2)8-20-18(26)23-10-15(11-23)24-12-16(21-22-24)17(25)19-9-14-6-4-3-5-7-14/h3-7,12-13,15H,8-11H2,1-2H3,(H,19,25)(H,20,26). The van der Waals surface area contributed by atoms with Crippen LogP contribution in [0.15, 0.2) is 36.5 Å². The van der Waals surface area contributed by atoms with Crippen molar-refractivity contribution in [1.82, 2.24) is 30.5 Å². The number of hydrogen-bond donors (Lipinski definition) is 2. The van der Waals surface area contributed by atoms with E-state index in [1.807, 2.05) is 30.3 Å². The molecule has 0 saturated carbocycles. The van der Waals surface area contributed by atoms with E-state index in [9.17, 15) is 9.59 Å². The van der Waals surface area contributed by atoms with E-state index in [1.165, 1.54) is 0 Å². The van der Waals surface area contributed by atoms with Crippen LogP contribution in [0.25, 0.3) is 0 Å². The van der Waals surface area contributed by atoms with Crippen LogP contribution in [0.3, 0.4) is 0 Å². The molecule has 0 atom stereocenters. The second kappa shape index (κ2) is 7.99. The Morgan fingerprint density at radius 1 is 1.19 bits per heavy atom. The number of benzene rings is 1. The Balaban J connectivity index is 1.46. The van der Waals surface area contributed by atoms with Gasteiger partial charge < -0.3 is 15.5 Å². The molecule has 2 heterocycles. The lowest BCUT2D eigenvalue weighted by molar-refractivity contribution is 0.0945. The van der Waals surface area contributed by atoms with Crippen molar-refractivity contribution >= 4 is 11.9 Å². The fourth-order valence-electron chi connectivity index (χ4n) is 2.62. The first-order valence-corrected chi connectivity index (χ1v) is 8.79. The number of carbonyl (C=O) groups is 2. The first kappa shape index (κ1) is 17.9. The van der Waals surface area contributed by atoms with Crippen molar-refractivity contribution in [3.63, 3.8) is 0 Å². The molecule has 2 aromatic rings. The Labute approximate surface area is 152 Å². The van der Waals surface area contributed by atoms with E-state index < -0.39 is 0 Å². The molecule has 1 saturated heterocycles. The number of rotatable bonds is 6. The minimum atomic E-state index is -0.258. The zero-order chi connectivity index (χ0) is 18.5. The fraction of sp³-hybridized carbons (Fsp3) is 0.444. The van der Waals surface area contributed by atoms with Crippen LogP contribution in [0, 0.1) is 5.92 Å². The normalized spacial score (nSPS) is 14.2. The summed E-state index contributed by atoms with van der Waals surface area (Å²) in [5.41, 5.74) is 1.30. The van der Waals surface area contributed by atoms with Crippen molar-refractivity contribution in [2.75, 3.05) is 19.6 Å². The Hall–Kier alpha value is -2.90. The summed E-state index contributed by atoms with van der Waals surface area (Å²) in [6.45, 7) is 6.35. The topological polar surface area (TPSA) is 92.2 Å². The third-order valence-corrected chi connectivity index (χ3v) is 4.22. The predicted molar refractivity (Wildman–Crippen MR) is 96.5 cm³/mol. The molecule has 1 aromatic carbocycles. The SMILES string of the molecule is CC(C)CNC(=O)N1CC(n2cc(C(=O)NCc3ccccc3)nn2)C1. The summed E-state index contributed by atoms with van der Waals surface area (Å²) < 4.78 is 1.66. The van der Waals surface area contributed by atoms with Crippen LogP contribution in [0.5, 0.6) is 0 Å². The van der Waals surface area contributed by atoms with Crippen molar-refractivity contribution in [3.05, 3.63) is 47.8 Å². The number of amides is 3. The number of urea groups is 1. The second-order valence-electron chi connectivity index (χ2n) is 6.89. The zero-order valence-electron chi connectivity index (χ0n) is 15.1. The molecule has 8 nitrogen and oxygen atoms in total. The third-order valence-electron chi connectivity index (χ3n) is 4.22. The van der Waals surface area contributed by atoms with Gasteiger partial charge in [0.05, 0.1) is 12.2 Å². The van der Waals surface area contributed by atoms with Crippen molar-refractivity contribution in [2.45, 2.75) is 26.4 Å². The van der Waals surface area contributed by atoms with Crippen LogP contribution in [0.1, 0.15) is 35.9 Å². The highest BCUT2D eigenvalue weighted by molar-refractivity contribution is 5.91. The van der Waals surface area contributed by atoms with Gasteiger partial charge in [-0.15, -0.1) is 5.10 Å². The highest BCUT2D eigenvalue weighted by Crippen LogP contribution is 2.20. The van der Waals surface area contributed by atoms with Crippen LogP contribution in [0.2, 0.25) is 0 Å². The van der Waals surface area contributed by atoms with Gasteiger partial charge in [0.2, 0.25) is 0 Å². The van der Waals surface area contributed by atoms with E-state index in [4.69, 9.17) is 0 Å². The molecule has 0 unspecified atom stereocenters. The maximum Gasteiger partial charge on any atom is 0.317 e. The van der Waals surface area contributed by atoms with Crippen LogP contribution >= 0.6 is 0 Å². The molecule has 1 aliphatic heterocycles. The highest BCUT2D eigenvalue weighted by Gasteiger charge is 2.33. The molecule has 1 aromatic heterocycles. The van der Waals surface area contributed by atoms with Crippen LogP contribution in [-0.2, 0) is 6.54 Å². The smallest absolute Gasteiger partial charge is 0.317 e. The van der Waals surface area contributed by atoms with E-state index >= 15 is 0 Å². The number of likely N-dealkylation sites (tertiary alicyclic amines) is 1. The number of aromatic nitrogens is 3. The predicted octanol–water partition coefficient (Wildman–Crippen LogP) is 1.43. The highest BCUT2D eigenvalue weighted by atomic mass is 16.2. The Bertz CT molecular complexity index is 752. The minimum Gasteiger partial charge on any atom is -0.347 e. The lowest BCUT2D eigenvalue weighted by atomic mass is 10.1. The van der Waals surface area contributed by atoms with E-state index in [-0.39, 0.29) is 23.7 Å². The van der Waals surface area contributed by atoms with Gasteiger partial charge in [0.15, 0.2) is 5.69 Å². The fourth-order valence-corrected chi connectivity index (χ4v) is 2.62. The molecule has 3 amide bonds. The summed E-state index contributed by atoms with van der Waals surface area (Å²) in [5, 5.41) is 13.7. The molecule has 0 radical (unpaired) electrons. The molecule has 138 valence electrons. The molecule has 2 N–H and O–H groups in total. The maximum atomic E-state index is 12.2. The largest absolute Gasteiger partial charge is 0.347 e. The van der Waals surface area contributed by atoms with E-state index in [2.05, 4.69) is 34.8 Å². The van der Waals surface area contributed by atoms with Gasteiger partial charge in [-0.2, -0.15) is 0 Å². The van der Waals surface area contributed by atoms with Crippen molar-refractivity contribution in [3.8, 4) is 0 Å². The van der Waals surface area contributed by atoms with Gasteiger partial charge in [0.25, 0.3) is 5.91 Å². The second-order valence-corrected chi connectivity index (χ2v) is 6.89. The first-order valence-electron chi connectivity index (χ1n) is 8.79. The molecular weight excluding hydrogens is 332 g/mol. The molecule has 0 aliphatic carbocycles. The monoisotopic (exact) mass is 356 g/mol. The quantitative estimate of drug-likeness (QED) is 0.819. The lowest BCUT2D eigenvalue weighted by Gasteiger charge is -2.38. The van der Waals surface area contributed by atoms with Crippen molar-refractivity contribution in [1.29, 1.82) is 0 Å². The van der Waals surface area contributed by atoms with E-state index in [1.54, 1.807) is 15.8 Å². The van der Waals surface area contributed by atoms with Crippen molar-refractivity contribution < 1.29 is 9.59 Å². The summed E-state index contributed by atoms with van der Waals surface area (Å²) in [7, 11) is 0. The zero-order valence-corrected chi connectivity index (χ0v) is 15.1. The van der Waals surface area contributed by atoms with Crippen LogP contribution < -0.4 is 10.6 Å². The Morgan fingerprint density at radius 3 is 2.62 bits per heavy atom. The molecule has 0 bridgehead atoms. The first-order chi connectivity index (χ1) is 12.5. The number of nitrogens with one attached hydrogen (secondary N) is 2. The minimum absolute atomic E-state index is 0.0583. The maximum absolute atomic E-state index is 12.2. The van der Waals surface area contributed by atoms with Gasteiger partial charge in [0.1, 0.15) is 0 Å². The van der Waals surface area contributed by atoms with E-state index in [0.29, 0.717) is 32.1 Å². The van der Waals surface area contributed by atoms with Gasteiger partial charge in [-0.1, -0.05) is 49.4 Å². The molecule has 8 heteroatoms. The Kier molecular flexibility index (Phi) is 5.50. The summed E-state index contributed by atoms with van der Waals surface area (Å²) in [6.07, 6.45) is 1.63. The average molecular weight is 356 g/mol.